The normalized spacial score (nSPS) is 30.0. The molecule has 0 N–H and O–H groups in total. The molecule has 4 aliphatic rings. The summed E-state index contributed by atoms with van der Waals surface area (Å²) in [6.07, 6.45) is 6.71. The lowest BCUT2D eigenvalue weighted by atomic mass is 9.41. The number of hydrogen-bond donors (Lipinski definition) is 0. The molecule has 0 bridgehead atoms. The molecule has 194 valence electrons. The van der Waals surface area contributed by atoms with Crippen LogP contribution in [-0.2, 0) is 12.8 Å². The number of aryl methyl sites for hydroxylation is 1. The molecule has 0 saturated heterocycles. The lowest BCUT2D eigenvalue weighted by Crippen LogP contribution is -2.52. The Labute approximate surface area is 230 Å². The first-order chi connectivity index (χ1) is 17.8. The molecule has 2 aromatic rings. The summed E-state index contributed by atoms with van der Waals surface area (Å²) in [6.45, 7) is 30.6. The molecule has 38 heavy (non-hydrogen) atoms. The largest absolute Gasteiger partial charge is 0.0955 e. The maximum atomic E-state index is 4.85. The van der Waals surface area contributed by atoms with Gasteiger partial charge in [0.15, 0.2) is 0 Å². The molecule has 0 unspecified atom stereocenters. The Balaban J connectivity index is 1.55. The van der Waals surface area contributed by atoms with Gasteiger partial charge >= 0.3 is 0 Å². The summed E-state index contributed by atoms with van der Waals surface area (Å²) in [4.78, 5) is 0. The molecule has 0 radical (unpaired) electrons. The van der Waals surface area contributed by atoms with Crippen molar-refractivity contribution in [3.8, 4) is 0 Å². The van der Waals surface area contributed by atoms with Gasteiger partial charge in [-0.05, 0) is 125 Å². The molecule has 0 amide bonds. The van der Waals surface area contributed by atoms with Crippen molar-refractivity contribution in [3.63, 3.8) is 0 Å². The Morgan fingerprint density at radius 1 is 0.921 bits per heavy atom. The molecule has 0 heteroatoms. The zero-order chi connectivity index (χ0) is 27.4. The van der Waals surface area contributed by atoms with Crippen LogP contribution in [0.2, 0.25) is 0 Å². The van der Waals surface area contributed by atoms with Crippen LogP contribution in [0.5, 0.6) is 0 Å². The van der Waals surface area contributed by atoms with Crippen LogP contribution in [0.25, 0.3) is 17.2 Å². The van der Waals surface area contributed by atoms with Gasteiger partial charge in [-0.3, -0.25) is 0 Å². The van der Waals surface area contributed by atoms with Crippen molar-refractivity contribution in [2.24, 2.45) is 16.2 Å². The molecular weight excluding hydrogens is 456 g/mol. The summed E-state index contributed by atoms with van der Waals surface area (Å²) in [5.41, 5.74) is 19.3. The van der Waals surface area contributed by atoms with Gasteiger partial charge in [-0.25, -0.2) is 0 Å². The minimum Gasteiger partial charge on any atom is -0.0955 e. The van der Waals surface area contributed by atoms with E-state index in [4.69, 9.17) is 13.2 Å². The van der Waals surface area contributed by atoms with Crippen molar-refractivity contribution in [3.05, 3.63) is 123 Å². The van der Waals surface area contributed by atoms with Gasteiger partial charge in [0.1, 0.15) is 0 Å². The summed E-state index contributed by atoms with van der Waals surface area (Å²) in [7, 11) is 0. The van der Waals surface area contributed by atoms with E-state index in [2.05, 4.69) is 97.5 Å². The van der Waals surface area contributed by atoms with Gasteiger partial charge in [-0.15, -0.1) is 0 Å². The Hall–Kier alpha value is -3.12. The third kappa shape index (κ3) is 3.10. The SMILES string of the molecule is C=C(C)C1=C(C)C[C@@]2(C)C[C@@]3(C)Cc4c(C5=Cc6ccccc6C5)ccc(C)c4C(=C)C3=C(C)[C@@]2(C)C1=C. The van der Waals surface area contributed by atoms with Crippen molar-refractivity contribution in [1.29, 1.82) is 0 Å². The highest BCUT2D eigenvalue weighted by atomic mass is 14.6. The second kappa shape index (κ2) is 7.95. The fraction of sp³-hybridized carbons (Fsp3) is 0.368. The highest BCUT2D eigenvalue weighted by Crippen LogP contribution is 2.70. The van der Waals surface area contributed by atoms with Gasteiger partial charge in [0.25, 0.3) is 0 Å². The maximum Gasteiger partial charge on any atom is 0.0194 e. The van der Waals surface area contributed by atoms with Gasteiger partial charge in [0, 0.05) is 5.41 Å². The molecule has 0 saturated carbocycles. The molecule has 0 spiro atoms. The molecule has 0 nitrogen and oxygen atoms in total. The van der Waals surface area contributed by atoms with E-state index in [1.54, 1.807) is 0 Å². The molecule has 0 aromatic heterocycles. The topological polar surface area (TPSA) is 0 Å². The third-order valence-electron chi connectivity index (χ3n) is 10.9. The number of benzene rings is 2. The highest BCUT2D eigenvalue weighted by Gasteiger charge is 2.59. The molecule has 2 aromatic carbocycles. The number of rotatable bonds is 2. The smallest absolute Gasteiger partial charge is 0.0194 e. The predicted octanol–water partition coefficient (Wildman–Crippen LogP) is 10.3. The van der Waals surface area contributed by atoms with E-state index in [1.165, 1.54) is 72.4 Å². The van der Waals surface area contributed by atoms with E-state index in [0.717, 1.165) is 31.3 Å². The van der Waals surface area contributed by atoms with Crippen LogP contribution in [0.4, 0.5) is 0 Å². The van der Waals surface area contributed by atoms with Crippen molar-refractivity contribution in [1.82, 2.24) is 0 Å². The first-order valence-corrected chi connectivity index (χ1v) is 14.2. The monoisotopic (exact) mass is 498 g/mol. The Morgan fingerprint density at radius 2 is 1.63 bits per heavy atom. The van der Waals surface area contributed by atoms with Crippen LogP contribution in [0.1, 0.15) is 87.8 Å². The third-order valence-corrected chi connectivity index (χ3v) is 10.9. The Kier molecular flexibility index (Phi) is 5.27. The molecule has 0 heterocycles. The quantitative estimate of drug-likeness (QED) is 0.386. The molecule has 0 fully saturated rings. The van der Waals surface area contributed by atoms with Crippen molar-refractivity contribution < 1.29 is 0 Å². The summed E-state index contributed by atoms with van der Waals surface area (Å²) >= 11 is 0. The van der Waals surface area contributed by atoms with Crippen LogP contribution in [-0.4, -0.2) is 0 Å². The second-order valence-electron chi connectivity index (χ2n) is 13.5. The first kappa shape index (κ1) is 25.2. The Morgan fingerprint density at radius 3 is 2.32 bits per heavy atom. The number of fused-ring (bicyclic) bond motifs is 4. The van der Waals surface area contributed by atoms with E-state index in [9.17, 15) is 0 Å². The van der Waals surface area contributed by atoms with E-state index < -0.39 is 0 Å². The average molecular weight is 499 g/mol. The zero-order valence-electron chi connectivity index (χ0n) is 24.5. The van der Waals surface area contributed by atoms with Gasteiger partial charge in [0.2, 0.25) is 0 Å². The lowest BCUT2D eigenvalue weighted by Gasteiger charge is -2.62. The summed E-state index contributed by atoms with van der Waals surface area (Å²) in [5, 5.41) is 0. The number of allylic oxidation sites excluding steroid dienone is 8. The molecule has 4 aliphatic carbocycles. The van der Waals surface area contributed by atoms with E-state index in [1.807, 2.05) is 0 Å². The average Bonchev–Trinajstić information content (AvgIpc) is 3.25. The molecule has 3 atom stereocenters. The minimum atomic E-state index is -0.114. The standard InChI is InChI=1S/C38H42/c1-22(2)33-24(4)19-37(9)21-36(8)20-32-31(30-17-28-13-11-12-14-29(28)18-30)16-15-23(3)34(32)25(5)35(36)27(7)38(37,10)26(33)6/h11-17H,1,5-6,18-21H2,2-4,7-10H3/t36-,37+,38-/m1/s1. The summed E-state index contributed by atoms with van der Waals surface area (Å²) < 4.78 is 0. The van der Waals surface area contributed by atoms with Crippen LogP contribution in [0, 0.1) is 23.2 Å². The maximum absolute atomic E-state index is 4.85. The lowest BCUT2D eigenvalue weighted by molar-refractivity contribution is 0.0544. The van der Waals surface area contributed by atoms with E-state index >= 15 is 0 Å². The summed E-state index contributed by atoms with van der Waals surface area (Å²) in [6, 6.07) is 13.5. The Bertz CT molecular complexity index is 1580. The fourth-order valence-corrected chi connectivity index (χ4v) is 9.29. The van der Waals surface area contributed by atoms with Crippen molar-refractivity contribution >= 4 is 17.2 Å². The minimum absolute atomic E-state index is 0.0400. The van der Waals surface area contributed by atoms with E-state index in [-0.39, 0.29) is 16.2 Å². The van der Waals surface area contributed by atoms with Crippen LogP contribution in [0.3, 0.4) is 0 Å². The van der Waals surface area contributed by atoms with Crippen molar-refractivity contribution in [2.45, 2.75) is 74.1 Å². The summed E-state index contributed by atoms with van der Waals surface area (Å²) in [5.74, 6) is 0. The highest BCUT2D eigenvalue weighted by molar-refractivity contribution is 5.94. The molecular formula is C38H42. The first-order valence-electron chi connectivity index (χ1n) is 14.2. The van der Waals surface area contributed by atoms with Crippen LogP contribution in [0.15, 0.2) is 89.6 Å². The van der Waals surface area contributed by atoms with Gasteiger partial charge < -0.3 is 0 Å². The van der Waals surface area contributed by atoms with Crippen LogP contribution >= 0.6 is 0 Å². The van der Waals surface area contributed by atoms with Crippen LogP contribution < -0.4 is 0 Å². The molecule has 0 aliphatic heterocycles. The van der Waals surface area contributed by atoms with Crippen molar-refractivity contribution in [2.75, 3.05) is 0 Å². The van der Waals surface area contributed by atoms with E-state index in [0.29, 0.717) is 0 Å². The van der Waals surface area contributed by atoms with Gasteiger partial charge in [-0.2, -0.15) is 0 Å². The molecule has 6 rings (SSSR count). The van der Waals surface area contributed by atoms with Gasteiger partial charge in [-0.1, -0.05) is 99.7 Å². The fourth-order valence-electron chi connectivity index (χ4n) is 9.29. The zero-order valence-corrected chi connectivity index (χ0v) is 24.5. The second-order valence-corrected chi connectivity index (χ2v) is 13.5. The predicted molar refractivity (Wildman–Crippen MR) is 165 cm³/mol. The van der Waals surface area contributed by atoms with Gasteiger partial charge in [0.05, 0.1) is 0 Å². The number of hydrogen-bond acceptors (Lipinski definition) is 0.